The average Bonchev–Trinajstić information content (AvgIpc) is 1.67. The second-order valence-corrected chi connectivity index (χ2v) is 37.5. The summed E-state index contributed by atoms with van der Waals surface area (Å²) in [7, 11) is 1.97. The van der Waals surface area contributed by atoms with Crippen LogP contribution in [0, 0.1) is 101 Å². The SMILES string of the molecule is CC(C)C(C)C(C)(C)C.CC(C)C1CC2C=CC1C2.CC(C)C1CCCCC1.CC(C)C1CCCCC1.CC(C)CC(C)(C)C.CC(C)c1ccc2c(c1)OCC2.CC(C)c1cccc(F)c1.CC(C)c1ccccc1F.CC(C)c1ccccn1.Cc1cc(C(C)C)nn1C.Cc1ccc(C(C)C)cc1. The third-order valence-electron chi connectivity index (χ3n) is 21.9. The molecule has 2 bridgehead atoms. The monoisotopic (exact) mass is 1460 g/mol. The van der Waals surface area contributed by atoms with Gasteiger partial charge in [0.25, 0.3) is 0 Å². The van der Waals surface area contributed by atoms with Crippen LogP contribution in [-0.4, -0.2) is 21.4 Å². The zero-order valence-corrected chi connectivity index (χ0v) is 74.6. The molecule has 1 aliphatic heterocycles. The summed E-state index contributed by atoms with van der Waals surface area (Å²) in [6, 6.07) is 37.0. The third kappa shape index (κ3) is 42.6. The Morgan fingerprint density at radius 1 is 0.491 bits per heavy atom. The molecule has 0 amide bonds. The van der Waals surface area contributed by atoms with Crippen LogP contribution in [0.1, 0.15) is 370 Å². The van der Waals surface area contributed by atoms with Crippen molar-refractivity contribution in [1.82, 2.24) is 14.8 Å². The van der Waals surface area contributed by atoms with E-state index in [9.17, 15) is 8.78 Å². The first-order valence-electron chi connectivity index (χ1n) is 42.4. The van der Waals surface area contributed by atoms with E-state index in [4.69, 9.17) is 4.74 Å². The average molecular weight is 1460 g/mol. The minimum atomic E-state index is -0.147. The van der Waals surface area contributed by atoms with Crippen molar-refractivity contribution in [2.24, 2.45) is 83.0 Å². The minimum Gasteiger partial charge on any atom is -0.493 e. The molecule has 106 heavy (non-hydrogen) atoms. The fourth-order valence-electron chi connectivity index (χ4n) is 14.3. The van der Waals surface area contributed by atoms with E-state index in [1.807, 2.05) is 68.2 Å². The molecular weight excluding hydrogens is 1300 g/mol. The number of halogens is 2. The smallest absolute Gasteiger partial charge is 0.126 e. The maximum atomic E-state index is 12.8. The van der Waals surface area contributed by atoms with Crippen LogP contribution in [0.2, 0.25) is 0 Å². The van der Waals surface area contributed by atoms with Crippen LogP contribution in [0.15, 0.2) is 134 Å². The predicted molar refractivity (Wildman–Crippen MR) is 465 cm³/mol. The molecule has 0 spiro atoms. The normalized spacial score (nSPS) is 16.9. The molecule has 4 atom stereocenters. The standard InChI is InChI=1S/C11H14O.C10H16.C10H14.2C9H11F.2C9H18.C9H20.C8H14N2.C8H11N.C8H18/c1-8(2)10-4-3-9-5-6-12-11(9)7-10;1-7(2)10-6-8-3-4-9(10)5-8;1-8(2)10-6-4-9(3)5-7-10;1-7(2)8-4-3-5-9(10)6-8;1-7(2)8-5-3-4-6-9(8)10;2*1-8(2)9-6-4-3-5-7-9;1-7(2)8(3)9(4,5)6;1-6(2)8-5-7(3)10(4)9-8;1-7(2)8-5-3-4-6-9-8;1-7(2)6-8(3,4)5/h3-4,7-8H,5-6H2,1-2H3;3-4,7-10H,5-6H2,1-2H3;4-8H,1-3H3;2*3-7H,1-2H3;2*8-9H,3-7H2,1-2H3;7-8H,1-6H3;5-6H,1-4H3;3-7H,1-2H3;7H,6H2,1-5H3. The van der Waals surface area contributed by atoms with Gasteiger partial charge in [-0.25, -0.2) is 8.78 Å². The van der Waals surface area contributed by atoms with E-state index in [1.54, 1.807) is 18.2 Å². The number of ether oxygens (including phenoxy) is 1. The minimum absolute atomic E-state index is 0.0995. The molecule has 0 N–H and O–H groups in total. The fourth-order valence-corrected chi connectivity index (χ4v) is 14.3. The van der Waals surface area contributed by atoms with E-state index < -0.39 is 0 Å². The molecule has 6 heteroatoms. The van der Waals surface area contributed by atoms with Gasteiger partial charge in [0.1, 0.15) is 17.4 Å². The molecule has 4 aliphatic carbocycles. The number of allylic oxidation sites excluding steroid dienone is 2. The first kappa shape index (κ1) is 98.6. The van der Waals surface area contributed by atoms with Crippen molar-refractivity contribution in [2.45, 2.75) is 340 Å². The van der Waals surface area contributed by atoms with E-state index in [2.05, 4.69) is 272 Å². The van der Waals surface area contributed by atoms with Crippen LogP contribution in [0.5, 0.6) is 5.75 Å². The van der Waals surface area contributed by atoms with Gasteiger partial charge in [-0.15, -0.1) is 0 Å². The molecule has 600 valence electrons. The first-order chi connectivity index (χ1) is 49.4. The lowest BCUT2D eigenvalue weighted by molar-refractivity contribution is 0.199. The lowest BCUT2D eigenvalue weighted by atomic mass is 9.76. The highest BCUT2D eigenvalue weighted by Gasteiger charge is 2.37. The first-order valence-corrected chi connectivity index (χ1v) is 42.4. The van der Waals surface area contributed by atoms with Crippen LogP contribution in [0.25, 0.3) is 0 Å². The van der Waals surface area contributed by atoms with Crippen molar-refractivity contribution in [2.75, 3.05) is 6.61 Å². The van der Waals surface area contributed by atoms with Gasteiger partial charge in [-0.2, -0.15) is 5.10 Å². The van der Waals surface area contributed by atoms with Crippen molar-refractivity contribution in [1.29, 1.82) is 0 Å². The van der Waals surface area contributed by atoms with Gasteiger partial charge in [-0.1, -0.05) is 356 Å². The van der Waals surface area contributed by atoms with Crippen molar-refractivity contribution in [3.8, 4) is 5.75 Å². The number of nitrogens with zero attached hydrogens (tertiary/aromatic N) is 3. The van der Waals surface area contributed by atoms with Gasteiger partial charge in [0.2, 0.25) is 0 Å². The molecule has 5 aliphatic rings. The molecule has 2 aromatic heterocycles. The van der Waals surface area contributed by atoms with E-state index in [0.29, 0.717) is 40.4 Å². The molecule has 6 aromatic rings. The molecule has 3 heterocycles. The van der Waals surface area contributed by atoms with Crippen molar-refractivity contribution >= 4 is 0 Å². The Hall–Kier alpha value is -5.36. The zero-order valence-electron chi connectivity index (χ0n) is 74.6. The lowest BCUT2D eigenvalue weighted by Crippen LogP contribution is -2.21. The number of fused-ring (bicyclic) bond motifs is 3. The molecule has 0 saturated heterocycles. The van der Waals surface area contributed by atoms with Gasteiger partial charge in [-0.3, -0.25) is 9.67 Å². The largest absolute Gasteiger partial charge is 0.493 e. The molecule has 3 fully saturated rings. The second kappa shape index (κ2) is 51.9. The Bertz CT molecular complexity index is 3150. The fraction of sp³-hybridized carbons (Fsp3) is 0.660. The highest BCUT2D eigenvalue weighted by molar-refractivity contribution is 5.41. The highest BCUT2D eigenvalue weighted by atomic mass is 19.1. The number of hydrogen-bond acceptors (Lipinski definition) is 3. The van der Waals surface area contributed by atoms with Gasteiger partial charge in [0, 0.05) is 31.1 Å². The molecular formula is C100H165F2N3O. The van der Waals surface area contributed by atoms with E-state index in [1.165, 1.54) is 129 Å². The Morgan fingerprint density at radius 3 is 1.30 bits per heavy atom. The number of hydrogen-bond donors (Lipinski definition) is 0. The summed E-state index contributed by atoms with van der Waals surface area (Å²) in [5.74, 6) is 14.1. The summed E-state index contributed by atoms with van der Waals surface area (Å²) < 4.78 is 32.8. The highest BCUT2D eigenvalue weighted by Crippen LogP contribution is 2.46. The topological polar surface area (TPSA) is 39.9 Å². The lowest BCUT2D eigenvalue weighted by Gasteiger charge is -2.30. The van der Waals surface area contributed by atoms with Gasteiger partial charge in [-0.05, 0) is 215 Å². The summed E-state index contributed by atoms with van der Waals surface area (Å²) in [6.45, 7) is 69.9. The predicted octanol–water partition coefficient (Wildman–Crippen LogP) is 31.5. The maximum Gasteiger partial charge on any atom is 0.126 e. The molecule has 0 radical (unpaired) electrons. The van der Waals surface area contributed by atoms with E-state index >= 15 is 0 Å². The third-order valence-corrected chi connectivity index (χ3v) is 21.9. The Morgan fingerprint density at radius 2 is 1.00 bits per heavy atom. The van der Waals surface area contributed by atoms with Crippen LogP contribution in [0.4, 0.5) is 8.78 Å². The van der Waals surface area contributed by atoms with Crippen molar-refractivity contribution in [3.05, 3.63) is 196 Å². The number of aromatic nitrogens is 3. The number of aryl methyl sites for hydroxylation is 3. The summed E-state index contributed by atoms with van der Waals surface area (Å²) in [5, 5.41) is 4.33. The maximum absolute atomic E-state index is 12.8. The van der Waals surface area contributed by atoms with Gasteiger partial charge in [0.05, 0.1) is 12.3 Å². The van der Waals surface area contributed by atoms with Crippen molar-refractivity contribution < 1.29 is 13.5 Å². The Kier molecular flexibility index (Phi) is 48.3. The van der Waals surface area contributed by atoms with Crippen LogP contribution in [0.3, 0.4) is 0 Å². The molecule has 4 aromatic carbocycles. The van der Waals surface area contributed by atoms with E-state index in [0.717, 1.165) is 101 Å². The van der Waals surface area contributed by atoms with Crippen LogP contribution in [-0.2, 0) is 13.5 Å². The summed E-state index contributed by atoms with van der Waals surface area (Å²) >= 11 is 0. The summed E-state index contributed by atoms with van der Waals surface area (Å²) in [4.78, 5) is 4.18. The van der Waals surface area contributed by atoms with Gasteiger partial charge >= 0.3 is 0 Å². The number of benzene rings is 4. The van der Waals surface area contributed by atoms with Gasteiger partial charge < -0.3 is 4.74 Å². The van der Waals surface area contributed by atoms with Crippen LogP contribution < -0.4 is 4.74 Å². The molecule has 4 nitrogen and oxygen atoms in total. The quantitative estimate of drug-likeness (QED) is 0.121. The molecule has 4 unspecified atom stereocenters. The van der Waals surface area contributed by atoms with E-state index in [-0.39, 0.29) is 17.6 Å². The Labute approximate surface area is 655 Å². The Balaban J connectivity index is 0.000000584. The number of rotatable bonds is 11. The molecule has 3 saturated carbocycles. The number of pyridine rings is 1. The molecule has 11 rings (SSSR count). The second-order valence-electron chi connectivity index (χ2n) is 37.5. The summed E-state index contributed by atoms with van der Waals surface area (Å²) in [5.41, 5.74) is 11.9. The van der Waals surface area contributed by atoms with Crippen LogP contribution >= 0.6 is 0 Å². The van der Waals surface area contributed by atoms with Crippen molar-refractivity contribution in [3.63, 3.8) is 0 Å². The van der Waals surface area contributed by atoms with Gasteiger partial charge in [0.15, 0.2) is 0 Å². The zero-order chi connectivity index (χ0) is 80.6. The summed E-state index contributed by atoms with van der Waals surface area (Å²) in [6.07, 6.45) is 27.0.